The molecule has 3 aromatic rings. The highest BCUT2D eigenvalue weighted by Gasteiger charge is 2.39. The standard InChI is InChI=1S/C24H22F3N5O2S/c1-15(25)23(34)32(19-4-2-16(3-5-19)20-12-30-14-35-20)21(17-10-28-13-29-11-17)22(33)31-18-6-8-24(26,27)9-7-18/h2-5,10-14,18,21H,1,6-9H2,(H,31,33). The number of nitrogens with one attached hydrogen (secondary N) is 1. The fraction of sp³-hybridized carbons (Fsp3) is 0.292. The summed E-state index contributed by atoms with van der Waals surface area (Å²) in [5.41, 5.74) is 2.98. The number of nitrogens with zero attached hydrogens (tertiary/aromatic N) is 4. The molecule has 0 radical (unpaired) electrons. The van der Waals surface area contributed by atoms with E-state index in [0.717, 1.165) is 15.3 Å². The number of carbonyl (C=O) groups excluding carboxylic acids is 2. The molecule has 0 bridgehead atoms. The van der Waals surface area contributed by atoms with E-state index < -0.39 is 35.6 Å². The monoisotopic (exact) mass is 501 g/mol. The fourth-order valence-corrected chi connectivity index (χ4v) is 4.62. The molecular weight excluding hydrogens is 479 g/mol. The van der Waals surface area contributed by atoms with Gasteiger partial charge in [-0.2, -0.15) is 0 Å². The minimum atomic E-state index is -2.76. The highest BCUT2D eigenvalue weighted by atomic mass is 32.1. The highest BCUT2D eigenvalue weighted by Crippen LogP contribution is 2.35. The second kappa shape index (κ2) is 10.3. The van der Waals surface area contributed by atoms with Crippen LogP contribution in [0.1, 0.15) is 37.3 Å². The molecule has 1 N–H and O–H groups in total. The van der Waals surface area contributed by atoms with Gasteiger partial charge in [-0.05, 0) is 30.5 Å². The maximum atomic E-state index is 14.2. The quantitative estimate of drug-likeness (QED) is 0.468. The summed E-state index contributed by atoms with van der Waals surface area (Å²) in [6.07, 6.45) is 5.12. The number of anilines is 1. The molecule has 1 atom stereocenters. The molecule has 2 heterocycles. The maximum Gasteiger partial charge on any atom is 0.287 e. The largest absolute Gasteiger partial charge is 0.351 e. The van der Waals surface area contributed by atoms with E-state index >= 15 is 0 Å². The van der Waals surface area contributed by atoms with E-state index in [1.54, 1.807) is 36.0 Å². The Kier molecular flexibility index (Phi) is 7.25. The van der Waals surface area contributed by atoms with Crippen molar-refractivity contribution in [2.24, 2.45) is 0 Å². The normalized spacial score (nSPS) is 16.3. The van der Waals surface area contributed by atoms with Crippen LogP contribution in [0.2, 0.25) is 0 Å². The molecule has 2 amide bonds. The first kappa shape index (κ1) is 24.5. The minimum Gasteiger partial charge on any atom is -0.351 e. The van der Waals surface area contributed by atoms with E-state index in [0.29, 0.717) is 0 Å². The van der Waals surface area contributed by atoms with Crippen molar-refractivity contribution < 1.29 is 22.8 Å². The lowest BCUT2D eigenvalue weighted by Crippen LogP contribution is -2.48. The molecule has 1 unspecified atom stereocenters. The number of hydrogen-bond acceptors (Lipinski definition) is 6. The summed E-state index contributed by atoms with van der Waals surface area (Å²) in [5.74, 6) is -5.80. The van der Waals surface area contributed by atoms with Crippen LogP contribution < -0.4 is 10.2 Å². The first-order chi connectivity index (χ1) is 16.7. The maximum absolute atomic E-state index is 14.2. The fourth-order valence-electron chi connectivity index (χ4n) is 3.99. The molecular formula is C24H22F3N5O2S. The van der Waals surface area contributed by atoms with Crippen molar-refractivity contribution in [3.05, 3.63) is 72.7 Å². The smallest absolute Gasteiger partial charge is 0.287 e. The van der Waals surface area contributed by atoms with E-state index in [-0.39, 0.29) is 36.9 Å². The van der Waals surface area contributed by atoms with E-state index in [4.69, 9.17) is 0 Å². The number of benzene rings is 1. The Morgan fingerprint density at radius 2 is 1.74 bits per heavy atom. The molecule has 11 heteroatoms. The Hall–Kier alpha value is -3.60. The Balaban J connectivity index is 1.69. The van der Waals surface area contributed by atoms with Gasteiger partial charge in [0.1, 0.15) is 12.4 Å². The second-order valence-electron chi connectivity index (χ2n) is 8.21. The summed E-state index contributed by atoms with van der Waals surface area (Å²) in [7, 11) is 0. The van der Waals surface area contributed by atoms with E-state index in [9.17, 15) is 22.8 Å². The van der Waals surface area contributed by atoms with Crippen molar-refractivity contribution in [2.75, 3.05) is 4.90 Å². The van der Waals surface area contributed by atoms with Gasteiger partial charge in [0.15, 0.2) is 5.83 Å². The van der Waals surface area contributed by atoms with Gasteiger partial charge in [-0.1, -0.05) is 18.7 Å². The Morgan fingerprint density at radius 1 is 1.09 bits per heavy atom. The van der Waals surface area contributed by atoms with Crippen LogP contribution in [-0.2, 0) is 9.59 Å². The minimum absolute atomic E-state index is 0.0874. The highest BCUT2D eigenvalue weighted by molar-refractivity contribution is 7.13. The average Bonchev–Trinajstić information content (AvgIpc) is 3.39. The molecule has 182 valence electrons. The van der Waals surface area contributed by atoms with Crippen LogP contribution in [0.15, 0.2) is 67.1 Å². The predicted molar refractivity (Wildman–Crippen MR) is 125 cm³/mol. The van der Waals surface area contributed by atoms with E-state index in [1.165, 1.54) is 30.1 Å². The first-order valence-corrected chi connectivity index (χ1v) is 11.7. The van der Waals surface area contributed by atoms with Gasteiger partial charge in [0.05, 0.1) is 10.4 Å². The Bertz CT molecular complexity index is 1180. The molecule has 2 aromatic heterocycles. The third-order valence-corrected chi connectivity index (χ3v) is 6.60. The number of hydrogen-bond donors (Lipinski definition) is 1. The van der Waals surface area contributed by atoms with Crippen molar-refractivity contribution in [1.82, 2.24) is 20.3 Å². The molecule has 1 aromatic carbocycles. The lowest BCUT2D eigenvalue weighted by molar-refractivity contribution is -0.127. The Labute approximate surface area is 203 Å². The van der Waals surface area contributed by atoms with Gasteiger partial charge < -0.3 is 5.32 Å². The van der Waals surface area contributed by atoms with Gasteiger partial charge in [-0.3, -0.25) is 19.5 Å². The van der Waals surface area contributed by atoms with E-state index in [2.05, 4.69) is 26.8 Å². The lowest BCUT2D eigenvalue weighted by Gasteiger charge is -2.34. The van der Waals surface area contributed by atoms with Gasteiger partial charge >= 0.3 is 0 Å². The molecule has 35 heavy (non-hydrogen) atoms. The number of aromatic nitrogens is 3. The predicted octanol–water partition coefficient (Wildman–Crippen LogP) is 4.85. The van der Waals surface area contributed by atoms with Crippen LogP contribution in [0, 0.1) is 0 Å². The van der Waals surface area contributed by atoms with Crippen molar-refractivity contribution in [1.29, 1.82) is 0 Å². The van der Waals surface area contributed by atoms with Crippen LogP contribution in [-0.4, -0.2) is 38.7 Å². The molecule has 7 nitrogen and oxygen atoms in total. The van der Waals surface area contributed by atoms with Crippen molar-refractivity contribution >= 4 is 28.8 Å². The lowest BCUT2D eigenvalue weighted by atomic mass is 9.92. The summed E-state index contributed by atoms with van der Waals surface area (Å²) in [6, 6.07) is 4.76. The first-order valence-electron chi connectivity index (χ1n) is 10.9. The van der Waals surface area contributed by atoms with Gasteiger partial charge in [0.25, 0.3) is 5.91 Å². The summed E-state index contributed by atoms with van der Waals surface area (Å²) >= 11 is 1.43. The number of carbonyl (C=O) groups is 2. The molecule has 1 aliphatic carbocycles. The topological polar surface area (TPSA) is 88.1 Å². The summed E-state index contributed by atoms with van der Waals surface area (Å²) in [5, 5.41) is 2.75. The summed E-state index contributed by atoms with van der Waals surface area (Å²) in [6.45, 7) is 3.12. The van der Waals surface area contributed by atoms with Gasteiger partial charge in [-0.15, -0.1) is 11.3 Å². The molecule has 1 fully saturated rings. The van der Waals surface area contributed by atoms with Crippen LogP contribution in [0.3, 0.4) is 0 Å². The molecule has 4 rings (SSSR count). The van der Waals surface area contributed by atoms with Gasteiger partial charge in [0.2, 0.25) is 11.8 Å². The third-order valence-electron chi connectivity index (χ3n) is 5.78. The summed E-state index contributed by atoms with van der Waals surface area (Å²) in [4.78, 5) is 40.2. The SMILES string of the molecule is C=C(F)C(=O)N(c1ccc(-c2cncs2)cc1)C(C(=O)NC1CCC(F)(F)CC1)c1cncnc1. The Morgan fingerprint density at radius 3 is 2.31 bits per heavy atom. The number of thiazole rings is 1. The van der Waals surface area contributed by atoms with Gasteiger partial charge in [-0.25, -0.2) is 23.1 Å². The van der Waals surface area contributed by atoms with Crippen molar-refractivity contribution in [3.8, 4) is 10.4 Å². The van der Waals surface area contributed by atoms with E-state index in [1.807, 2.05) is 0 Å². The zero-order valence-electron chi connectivity index (χ0n) is 18.5. The van der Waals surface area contributed by atoms with Crippen molar-refractivity contribution in [3.63, 3.8) is 0 Å². The molecule has 0 aliphatic heterocycles. The zero-order chi connectivity index (χ0) is 25.0. The van der Waals surface area contributed by atoms with Crippen LogP contribution >= 0.6 is 11.3 Å². The molecule has 1 aliphatic rings. The average molecular weight is 502 g/mol. The summed E-state index contributed by atoms with van der Waals surface area (Å²) < 4.78 is 41.3. The number of amides is 2. The van der Waals surface area contributed by atoms with Crippen LogP contribution in [0.4, 0.5) is 18.9 Å². The zero-order valence-corrected chi connectivity index (χ0v) is 19.4. The molecule has 0 saturated heterocycles. The number of halogens is 3. The second-order valence-corrected chi connectivity index (χ2v) is 9.09. The molecule has 0 spiro atoms. The number of rotatable bonds is 7. The van der Waals surface area contributed by atoms with Crippen LogP contribution in [0.25, 0.3) is 10.4 Å². The van der Waals surface area contributed by atoms with Crippen LogP contribution in [0.5, 0.6) is 0 Å². The van der Waals surface area contributed by atoms with Gasteiger partial charge in [0, 0.05) is 48.7 Å². The van der Waals surface area contributed by atoms with Crippen molar-refractivity contribution in [2.45, 2.75) is 43.7 Å². The third kappa shape index (κ3) is 5.73. The molecule has 1 saturated carbocycles. The number of alkyl halides is 2.